The minimum Gasteiger partial charge on any atom is -0.384 e. The van der Waals surface area contributed by atoms with Gasteiger partial charge >= 0.3 is 0 Å². The van der Waals surface area contributed by atoms with Gasteiger partial charge in [0.15, 0.2) is 0 Å². The van der Waals surface area contributed by atoms with Crippen molar-refractivity contribution in [1.29, 1.82) is 0 Å². The van der Waals surface area contributed by atoms with E-state index in [0.29, 0.717) is 0 Å². The van der Waals surface area contributed by atoms with E-state index in [-0.39, 0.29) is 0 Å². The fourth-order valence-corrected chi connectivity index (χ4v) is 0. The van der Waals surface area contributed by atoms with Crippen LogP contribution in [0, 0.1) is 0 Å². The second-order valence-corrected chi connectivity index (χ2v) is 11.8. The van der Waals surface area contributed by atoms with Gasteiger partial charge in [-0.2, -0.15) is 0 Å². The summed E-state index contributed by atoms with van der Waals surface area (Å²) in [6.45, 7) is 8.33. The van der Waals surface area contributed by atoms with E-state index in [0.717, 1.165) is 0 Å². The molecular formula is C5H13IOSi. The molecule has 0 aromatic carbocycles. The van der Waals surface area contributed by atoms with Crippen LogP contribution in [0.15, 0.2) is 0 Å². The van der Waals surface area contributed by atoms with Crippen molar-refractivity contribution in [2.45, 2.75) is 29.8 Å². The molecule has 1 unspecified atom stereocenters. The van der Waals surface area contributed by atoms with E-state index in [4.69, 9.17) is 0 Å². The maximum absolute atomic E-state index is 9.40. The van der Waals surface area contributed by atoms with Gasteiger partial charge in [0.05, 0.1) is 8.07 Å². The van der Waals surface area contributed by atoms with Gasteiger partial charge in [-0.1, -0.05) is 42.2 Å². The number of hydrogen-bond donors (Lipinski definition) is 1. The lowest BCUT2D eigenvalue weighted by Gasteiger charge is -2.29. The lowest BCUT2D eigenvalue weighted by molar-refractivity contribution is 0.248. The van der Waals surface area contributed by atoms with Gasteiger partial charge in [0, 0.05) is 0 Å². The maximum atomic E-state index is 9.40. The van der Waals surface area contributed by atoms with Crippen LogP contribution in [0.25, 0.3) is 0 Å². The molecular weight excluding hydrogens is 231 g/mol. The Morgan fingerprint density at radius 2 is 1.50 bits per heavy atom. The van der Waals surface area contributed by atoms with Crippen molar-refractivity contribution in [2.24, 2.45) is 0 Å². The predicted octanol–water partition coefficient (Wildman–Crippen LogP) is 2.01. The average molecular weight is 244 g/mol. The quantitative estimate of drug-likeness (QED) is 0.425. The molecule has 1 nitrogen and oxygen atoms in total. The van der Waals surface area contributed by atoms with Crippen LogP contribution < -0.4 is 0 Å². The smallest absolute Gasteiger partial charge is 0.100 e. The van der Waals surface area contributed by atoms with Crippen molar-refractivity contribution in [2.75, 3.05) is 0 Å². The lowest BCUT2D eigenvalue weighted by Crippen LogP contribution is -2.44. The van der Waals surface area contributed by atoms with Crippen LogP contribution in [0.4, 0.5) is 0 Å². The first-order valence-electron chi connectivity index (χ1n) is 2.66. The third kappa shape index (κ3) is 2.46. The van der Waals surface area contributed by atoms with Crippen molar-refractivity contribution < 1.29 is 5.11 Å². The van der Waals surface area contributed by atoms with Gasteiger partial charge in [-0.25, -0.2) is 0 Å². The molecule has 0 fully saturated rings. The van der Waals surface area contributed by atoms with Crippen LogP contribution in [-0.2, 0) is 0 Å². The Hall–Kier alpha value is 0.907. The Morgan fingerprint density at radius 3 is 1.50 bits per heavy atom. The summed E-state index contributed by atoms with van der Waals surface area (Å²) in [4.78, 5) is 0. The van der Waals surface area contributed by atoms with Crippen LogP contribution in [-0.4, -0.2) is 16.4 Å². The van der Waals surface area contributed by atoms with Gasteiger partial charge in [0.25, 0.3) is 0 Å². The predicted molar refractivity (Wildman–Crippen MR) is 48.0 cm³/mol. The Labute approximate surface area is 65.6 Å². The van der Waals surface area contributed by atoms with E-state index < -0.39 is 11.3 Å². The van der Waals surface area contributed by atoms with Crippen LogP contribution in [0.3, 0.4) is 0 Å². The molecule has 3 heteroatoms. The molecule has 8 heavy (non-hydrogen) atoms. The van der Waals surface area contributed by atoms with Crippen LogP contribution >= 0.6 is 22.6 Å². The third-order valence-corrected chi connectivity index (χ3v) is 8.96. The Balaban J connectivity index is 4.02. The largest absolute Gasteiger partial charge is 0.384 e. The number of aliphatic hydroxyl groups is 1. The summed E-state index contributed by atoms with van der Waals surface area (Å²) >= 11 is 2.10. The fourth-order valence-electron chi connectivity index (χ4n) is 0. The van der Waals surface area contributed by atoms with E-state index in [1.54, 1.807) is 0 Å². The van der Waals surface area contributed by atoms with E-state index >= 15 is 0 Å². The van der Waals surface area contributed by atoms with E-state index in [2.05, 4.69) is 42.2 Å². The summed E-state index contributed by atoms with van der Waals surface area (Å²) < 4.78 is -0.454. The summed E-state index contributed by atoms with van der Waals surface area (Å²) in [5.74, 6) is 0. The number of halogens is 1. The van der Waals surface area contributed by atoms with E-state index in [1.165, 1.54) is 0 Å². The monoisotopic (exact) mass is 244 g/mol. The zero-order chi connectivity index (χ0) is 7.00. The average Bonchev–Trinajstić information content (AvgIpc) is 1.25. The highest BCUT2D eigenvalue weighted by atomic mass is 127. The van der Waals surface area contributed by atoms with Crippen LogP contribution in [0.2, 0.25) is 19.6 Å². The standard InChI is InChI=1S/C5H13IOSi/c1-5(6,7)8(2,3)4/h7H,1-4H3. The Morgan fingerprint density at radius 1 is 1.38 bits per heavy atom. The SMILES string of the molecule is CC(O)(I)[Si](C)(C)C. The zero-order valence-corrected chi connectivity index (χ0v) is 8.98. The van der Waals surface area contributed by atoms with Crippen molar-refractivity contribution in [1.82, 2.24) is 0 Å². The van der Waals surface area contributed by atoms with E-state index in [1.807, 2.05) is 6.92 Å². The van der Waals surface area contributed by atoms with Crippen LogP contribution in [0.5, 0.6) is 0 Å². The Bertz CT molecular complexity index is 67.4. The fraction of sp³-hybridized carbons (Fsp3) is 1.00. The second kappa shape index (κ2) is 2.26. The van der Waals surface area contributed by atoms with Crippen molar-refractivity contribution in [3.05, 3.63) is 0 Å². The molecule has 0 bridgehead atoms. The molecule has 0 spiro atoms. The van der Waals surface area contributed by atoms with Crippen molar-refractivity contribution in [3.63, 3.8) is 0 Å². The van der Waals surface area contributed by atoms with Gasteiger partial charge in [0.2, 0.25) is 0 Å². The molecule has 0 amide bonds. The molecule has 1 N–H and O–H groups in total. The Kier molecular flexibility index (Phi) is 2.52. The summed E-state index contributed by atoms with van der Waals surface area (Å²) in [5.41, 5.74) is 0. The first kappa shape index (κ1) is 8.91. The van der Waals surface area contributed by atoms with Gasteiger partial charge < -0.3 is 5.11 Å². The minimum atomic E-state index is -1.32. The molecule has 0 aliphatic rings. The number of hydrogen-bond acceptors (Lipinski definition) is 1. The zero-order valence-electron chi connectivity index (χ0n) is 5.83. The highest BCUT2D eigenvalue weighted by Gasteiger charge is 2.33. The molecule has 0 saturated heterocycles. The van der Waals surface area contributed by atoms with Crippen molar-refractivity contribution in [3.8, 4) is 0 Å². The maximum Gasteiger partial charge on any atom is 0.100 e. The van der Waals surface area contributed by atoms with Gasteiger partial charge in [0.1, 0.15) is 3.23 Å². The van der Waals surface area contributed by atoms with Crippen molar-refractivity contribution >= 4 is 30.7 Å². The van der Waals surface area contributed by atoms with Gasteiger partial charge in [-0.15, -0.1) is 0 Å². The highest BCUT2D eigenvalue weighted by molar-refractivity contribution is 14.1. The molecule has 0 saturated carbocycles. The molecule has 0 rings (SSSR count). The lowest BCUT2D eigenvalue weighted by atomic mass is 10.9. The molecule has 50 valence electrons. The summed E-state index contributed by atoms with van der Waals surface area (Å²) in [6.07, 6.45) is 0. The summed E-state index contributed by atoms with van der Waals surface area (Å²) in [7, 11) is -1.32. The normalized spacial score (nSPS) is 20.2. The first-order valence-corrected chi connectivity index (χ1v) is 7.24. The summed E-state index contributed by atoms with van der Waals surface area (Å²) in [6, 6.07) is 0. The summed E-state index contributed by atoms with van der Waals surface area (Å²) in [5, 5.41) is 9.40. The molecule has 0 aromatic heterocycles. The van der Waals surface area contributed by atoms with E-state index in [9.17, 15) is 5.11 Å². The third-order valence-electron chi connectivity index (χ3n) is 1.37. The molecule has 0 aliphatic heterocycles. The van der Waals surface area contributed by atoms with Gasteiger partial charge in [-0.3, -0.25) is 0 Å². The number of rotatable bonds is 1. The topological polar surface area (TPSA) is 20.2 Å². The first-order chi connectivity index (χ1) is 3.25. The molecule has 0 radical (unpaired) electrons. The number of alkyl halides is 1. The highest BCUT2D eigenvalue weighted by Crippen LogP contribution is 2.26. The molecule has 0 aliphatic carbocycles. The molecule has 0 aromatic rings. The van der Waals surface area contributed by atoms with Crippen LogP contribution in [0.1, 0.15) is 6.92 Å². The second-order valence-electron chi connectivity index (χ2n) is 3.20. The molecule has 0 heterocycles. The molecule has 1 atom stereocenters. The minimum absolute atomic E-state index is 0.454. The van der Waals surface area contributed by atoms with Gasteiger partial charge in [-0.05, 0) is 6.92 Å².